The molecule has 0 bridgehead atoms. The molecular formula is C25H31ClFNO3. The highest BCUT2D eigenvalue weighted by atomic mass is 35.5. The van der Waals surface area contributed by atoms with Gasteiger partial charge >= 0.3 is 0 Å². The van der Waals surface area contributed by atoms with Crippen LogP contribution in [0.4, 0.5) is 4.39 Å². The normalized spacial score (nSPS) is 21.5. The highest BCUT2D eigenvalue weighted by molar-refractivity contribution is 6.07. The number of fused-ring (bicyclic) bond motifs is 1. The molecule has 1 atom stereocenters. The van der Waals surface area contributed by atoms with Gasteiger partial charge in [0.25, 0.3) is 0 Å². The molecular weight excluding hydrogens is 417 g/mol. The summed E-state index contributed by atoms with van der Waals surface area (Å²) in [6.07, 6.45) is 2.27. The predicted octanol–water partition coefficient (Wildman–Crippen LogP) is 5.18. The van der Waals surface area contributed by atoms with Crippen LogP contribution in [-0.4, -0.2) is 43.7 Å². The molecule has 168 valence electrons. The van der Waals surface area contributed by atoms with Gasteiger partial charge in [0.05, 0.1) is 14.2 Å². The Bertz CT molecular complexity index is 942. The Morgan fingerprint density at radius 3 is 2.42 bits per heavy atom. The second kappa shape index (κ2) is 9.58. The number of halogens is 2. The van der Waals surface area contributed by atoms with Gasteiger partial charge in [0, 0.05) is 18.5 Å². The van der Waals surface area contributed by atoms with Crippen LogP contribution >= 0.6 is 12.4 Å². The van der Waals surface area contributed by atoms with Crippen LogP contribution in [0.15, 0.2) is 36.4 Å². The number of benzene rings is 2. The number of ether oxygens (including phenoxy) is 2. The standard InChI is InChI=1S/C25H30FNO3.ClH/c1-17-5-4-6-19(11-17)16-27-9-7-18(8-10-27)14-25(26)15-20-12-22(29-2)23(30-3)13-21(20)24(25)28;/h4-6,11-13,18H,7-10,14-16H2,1-3H3;1H. The van der Waals surface area contributed by atoms with Crippen molar-refractivity contribution in [3.63, 3.8) is 0 Å². The fourth-order valence-corrected chi connectivity index (χ4v) is 4.94. The number of alkyl halides is 1. The molecule has 1 aliphatic heterocycles. The summed E-state index contributed by atoms with van der Waals surface area (Å²) in [4.78, 5) is 15.3. The zero-order valence-corrected chi connectivity index (χ0v) is 19.3. The Labute approximate surface area is 190 Å². The average Bonchev–Trinajstić information content (AvgIpc) is 2.98. The molecule has 2 aromatic rings. The Balaban J connectivity index is 0.00000272. The fourth-order valence-electron chi connectivity index (χ4n) is 4.94. The van der Waals surface area contributed by atoms with E-state index >= 15 is 4.39 Å². The summed E-state index contributed by atoms with van der Waals surface area (Å²) in [5.41, 5.74) is 1.93. The number of methoxy groups -OCH3 is 2. The zero-order chi connectivity index (χ0) is 21.3. The van der Waals surface area contributed by atoms with Gasteiger partial charge in [-0.25, -0.2) is 4.39 Å². The number of rotatable bonds is 6. The molecule has 0 spiro atoms. The maximum Gasteiger partial charge on any atom is 0.200 e. The number of carbonyl (C=O) groups is 1. The first-order chi connectivity index (χ1) is 14.4. The number of Topliss-reactive ketones (excluding diaryl/α,β-unsaturated/α-hetero) is 1. The minimum absolute atomic E-state index is 0. The van der Waals surface area contributed by atoms with Gasteiger partial charge in [0.2, 0.25) is 5.78 Å². The van der Waals surface area contributed by atoms with E-state index in [0.717, 1.165) is 38.0 Å². The van der Waals surface area contributed by atoms with E-state index in [9.17, 15) is 4.79 Å². The number of aryl methyl sites for hydroxylation is 1. The third-order valence-electron chi connectivity index (χ3n) is 6.54. The summed E-state index contributed by atoms with van der Waals surface area (Å²) in [5.74, 6) is 0.836. The first-order valence-corrected chi connectivity index (χ1v) is 10.7. The number of carbonyl (C=O) groups excluding carboxylic acids is 1. The van der Waals surface area contributed by atoms with Crippen LogP contribution in [0.3, 0.4) is 0 Å². The summed E-state index contributed by atoms with van der Waals surface area (Å²) in [7, 11) is 3.07. The van der Waals surface area contributed by atoms with Crippen molar-refractivity contribution in [2.45, 2.75) is 44.8 Å². The van der Waals surface area contributed by atoms with E-state index in [1.54, 1.807) is 19.2 Å². The van der Waals surface area contributed by atoms with Crippen molar-refractivity contribution in [2.24, 2.45) is 5.92 Å². The maximum absolute atomic E-state index is 15.8. The maximum atomic E-state index is 15.8. The largest absolute Gasteiger partial charge is 0.493 e. The van der Waals surface area contributed by atoms with Crippen molar-refractivity contribution < 1.29 is 18.7 Å². The summed E-state index contributed by atoms with van der Waals surface area (Å²) < 4.78 is 26.4. The molecule has 0 aromatic heterocycles. The number of hydrogen-bond acceptors (Lipinski definition) is 4. The van der Waals surface area contributed by atoms with Crippen molar-refractivity contribution >= 4 is 18.2 Å². The van der Waals surface area contributed by atoms with E-state index in [1.807, 2.05) is 0 Å². The van der Waals surface area contributed by atoms with Crippen LogP contribution < -0.4 is 9.47 Å². The van der Waals surface area contributed by atoms with Crippen molar-refractivity contribution in [3.8, 4) is 11.5 Å². The van der Waals surface area contributed by atoms with Crippen molar-refractivity contribution in [3.05, 3.63) is 58.7 Å². The molecule has 1 heterocycles. The van der Waals surface area contributed by atoms with Gasteiger partial charge in [-0.15, -0.1) is 12.4 Å². The second-order valence-electron chi connectivity index (χ2n) is 8.75. The molecule has 0 amide bonds. The van der Waals surface area contributed by atoms with Gasteiger partial charge in [0.1, 0.15) is 0 Å². The van der Waals surface area contributed by atoms with E-state index in [2.05, 4.69) is 36.1 Å². The lowest BCUT2D eigenvalue weighted by Crippen LogP contribution is -2.38. The fraction of sp³-hybridized carbons (Fsp3) is 0.480. The third kappa shape index (κ3) is 4.88. The Morgan fingerprint density at radius 2 is 1.77 bits per heavy atom. The highest BCUT2D eigenvalue weighted by Gasteiger charge is 2.48. The molecule has 4 nitrogen and oxygen atoms in total. The van der Waals surface area contributed by atoms with E-state index in [1.165, 1.54) is 18.2 Å². The minimum Gasteiger partial charge on any atom is -0.493 e. The monoisotopic (exact) mass is 447 g/mol. The quantitative estimate of drug-likeness (QED) is 0.611. The van der Waals surface area contributed by atoms with Crippen LogP contribution in [0.1, 0.15) is 46.3 Å². The highest BCUT2D eigenvalue weighted by Crippen LogP contribution is 2.43. The molecule has 0 N–H and O–H groups in total. The summed E-state index contributed by atoms with van der Waals surface area (Å²) in [5, 5.41) is 0. The van der Waals surface area contributed by atoms with Gasteiger partial charge in [-0.1, -0.05) is 29.8 Å². The van der Waals surface area contributed by atoms with Crippen molar-refractivity contribution in [1.82, 2.24) is 4.90 Å². The topological polar surface area (TPSA) is 38.8 Å². The molecule has 1 aliphatic carbocycles. The van der Waals surface area contributed by atoms with E-state index < -0.39 is 11.5 Å². The SMILES string of the molecule is COc1cc2c(cc1OC)C(=O)C(F)(CC1CCN(Cc3cccc(C)c3)CC1)C2.Cl. The third-order valence-corrected chi connectivity index (χ3v) is 6.54. The second-order valence-corrected chi connectivity index (χ2v) is 8.75. The van der Waals surface area contributed by atoms with Gasteiger partial charge in [-0.2, -0.15) is 0 Å². The Morgan fingerprint density at radius 1 is 1.10 bits per heavy atom. The van der Waals surface area contributed by atoms with Gasteiger partial charge in [0.15, 0.2) is 17.2 Å². The summed E-state index contributed by atoms with van der Waals surface area (Å²) in [6, 6.07) is 12.0. The molecule has 2 aromatic carbocycles. The Kier molecular flexibility index (Phi) is 7.28. The molecule has 1 unspecified atom stereocenters. The lowest BCUT2D eigenvalue weighted by molar-refractivity contribution is 0.0587. The van der Waals surface area contributed by atoms with Crippen LogP contribution in [0.25, 0.3) is 0 Å². The zero-order valence-electron chi connectivity index (χ0n) is 18.4. The first kappa shape index (κ1) is 23.6. The lowest BCUT2D eigenvalue weighted by atomic mass is 9.83. The molecule has 2 aliphatic rings. The van der Waals surface area contributed by atoms with Crippen LogP contribution in [0.5, 0.6) is 11.5 Å². The first-order valence-electron chi connectivity index (χ1n) is 10.7. The smallest absolute Gasteiger partial charge is 0.200 e. The van der Waals surface area contributed by atoms with Crippen LogP contribution in [0.2, 0.25) is 0 Å². The lowest BCUT2D eigenvalue weighted by Gasteiger charge is -2.34. The van der Waals surface area contributed by atoms with Crippen molar-refractivity contribution in [2.75, 3.05) is 27.3 Å². The van der Waals surface area contributed by atoms with Crippen LogP contribution in [0, 0.1) is 12.8 Å². The van der Waals surface area contributed by atoms with Gasteiger partial charge in [-0.05, 0) is 68.5 Å². The molecule has 1 saturated heterocycles. The average molecular weight is 448 g/mol. The Hall–Kier alpha value is -2.11. The molecule has 0 saturated carbocycles. The van der Waals surface area contributed by atoms with Crippen molar-refractivity contribution in [1.29, 1.82) is 0 Å². The molecule has 31 heavy (non-hydrogen) atoms. The van der Waals surface area contributed by atoms with Crippen LogP contribution in [-0.2, 0) is 13.0 Å². The number of piperidine rings is 1. The number of nitrogens with zero attached hydrogens (tertiary/aromatic N) is 1. The van der Waals surface area contributed by atoms with E-state index in [4.69, 9.17) is 9.47 Å². The number of ketones is 1. The number of hydrogen-bond donors (Lipinski definition) is 0. The molecule has 4 rings (SSSR count). The van der Waals surface area contributed by atoms with E-state index in [-0.39, 0.29) is 24.7 Å². The summed E-state index contributed by atoms with van der Waals surface area (Å²) in [6.45, 7) is 4.92. The predicted molar refractivity (Wildman–Crippen MR) is 122 cm³/mol. The molecule has 6 heteroatoms. The van der Waals surface area contributed by atoms with Gasteiger partial charge < -0.3 is 9.47 Å². The molecule has 1 fully saturated rings. The van der Waals surface area contributed by atoms with E-state index in [0.29, 0.717) is 23.5 Å². The summed E-state index contributed by atoms with van der Waals surface area (Å²) >= 11 is 0. The van der Waals surface area contributed by atoms with Gasteiger partial charge in [-0.3, -0.25) is 9.69 Å². The number of likely N-dealkylation sites (tertiary alicyclic amines) is 1. The molecule has 0 radical (unpaired) electrons. The minimum atomic E-state index is -1.82.